The lowest BCUT2D eigenvalue weighted by molar-refractivity contribution is -0.144. The van der Waals surface area contributed by atoms with E-state index in [4.69, 9.17) is 25.8 Å². The highest BCUT2D eigenvalue weighted by Gasteiger charge is 2.35. The van der Waals surface area contributed by atoms with E-state index < -0.39 is 0 Å². The van der Waals surface area contributed by atoms with Gasteiger partial charge in [0.2, 0.25) is 5.91 Å². The Bertz CT molecular complexity index is 659. The summed E-state index contributed by atoms with van der Waals surface area (Å²) in [4.78, 5) is 14.6. The summed E-state index contributed by atoms with van der Waals surface area (Å²) in [5.74, 6) is 1.05. The third-order valence-corrected chi connectivity index (χ3v) is 5.17. The van der Waals surface area contributed by atoms with Crippen LogP contribution in [0.25, 0.3) is 6.08 Å². The molecule has 1 aromatic rings. The number of carbonyl (C=O) groups is 1. The van der Waals surface area contributed by atoms with Crippen LogP contribution < -0.4 is 9.47 Å². The zero-order chi connectivity index (χ0) is 17.8. The monoisotopic (exact) mass is 365 g/mol. The molecule has 0 bridgehead atoms. The second-order valence-corrected chi connectivity index (χ2v) is 6.77. The van der Waals surface area contributed by atoms with Gasteiger partial charge >= 0.3 is 0 Å². The molecule has 2 atom stereocenters. The van der Waals surface area contributed by atoms with Crippen LogP contribution in [0.3, 0.4) is 0 Å². The average Bonchev–Trinajstić information content (AvgIpc) is 2.65. The lowest BCUT2D eigenvalue weighted by Gasteiger charge is -2.43. The van der Waals surface area contributed by atoms with Crippen molar-refractivity contribution in [3.8, 4) is 11.5 Å². The Labute approximate surface area is 153 Å². The number of carbonyl (C=O) groups excluding carboxylic acids is 1. The number of halogens is 1. The van der Waals surface area contributed by atoms with Crippen LogP contribution in [0, 0.1) is 0 Å². The van der Waals surface area contributed by atoms with E-state index in [-0.39, 0.29) is 18.1 Å². The van der Waals surface area contributed by atoms with E-state index >= 15 is 0 Å². The van der Waals surface area contributed by atoms with Crippen LogP contribution >= 0.6 is 11.6 Å². The number of ether oxygens (including phenoxy) is 3. The molecule has 0 spiro atoms. The Morgan fingerprint density at radius 1 is 1.28 bits per heavy atom. The van der Waals surface area contributed by atoms with Gasteiger partial charge in [0.25, 0.3) is 0 Å². The highest BCUT2D eigenvalue weighted by atomic mass is 35.5. The zero-order valence-electron chi connectivity index (χ0n) is 14.7. The predicted molar refractivity (Wildman–Crippen MR) is 97.3 cm³/mol. The standard InChI is InChI=1S/C19H24ClNO4/c1-23-17-12-13(11-14(20)19(17)24-2)7-8-18(22)21-9-10-25-16-6-4-3-5-15(16)21/h7-8,11-12,15-16H,3-6,9-10H2,1-2H3/b8-7+/t15-,16+/m0/s1. The Morgan fingerprint density at radius 2 is 2.08 bits per heavy atom. The number of hydrogen-bond acceptors (Lipinski definition) is 4. The van der Waals surface area contributed by atoms with Gasteiger partial charge in [-0.1, -0.05) is 24.4 Å². The number of hydrogen-bond donors (Lipinski definition) is 0. The molecule has 2 aliphatic rings. The molecule has 1 aliphatic heterocycles. The van der Waals surface area contributed by atoms with Crippen molar-refractivity contribution >= 4 is 23.6 Å². The predicted octanol–water partition coefficient (Wildman–Crippen LogP) is 3.54. The first-order valence-electron chi connectivity index (χ1n) is 8.66. The quantitative estimate of drug-likeness (QED) is 0.766. The van der Waals surface area contributed by atoms with Crippen molar-refractivity contribution in [3.05, 3.63) is 28.8 Å². The third-order valence-electron chi connectivity index (χ3n) is 4.89. The number of morpholine rings is 1. The van der Waals surface area contributed by atoms with Crippen LogP contribution in [0.5, 0.6) is 11.5 Å². The molecule has 1 heterocycles. The van der Waals surface area contributed by atoms with E-state index in [0.717, 1.165) is 24.8 Å². The summed E-state index contributed by atoms with van der Waals surface area (Å²) in [7, 11) is 3.10. The van der Waals surface area contributed by atoms with E-state index in [2.05, 4.69) is 0 Å². The molecule has 1 aliphatic carbocycles. The van der Waals surface area contributed by atoms with Gasteiger partial charge in [0, 0.05) is 12.6 Å². The molecule has 0 radical (unpaired) electrons. The van der Waals surface area contributed by atoms with E-state index in [9.17, 15) is 4.79 Å². The topological polar surface area (TPSA) is 48.0 Å². The van der Waals surface area contributed by atoms with Crippen molar-refractivity contribution in [1.82, 2.24) is 4.90 Å². The van der Waals surface area contributed by atoms with Crippen molar-refractivity contribution in [1.29, 1.82) is 0 Å². The van der Waals surface area contributed by atoms with Crippen molar-refractivity contribution in [2.75, 3.05) is 27.4 Å². The highest BCUT2D eigenvalue weighted by Crippen LogP contribution is 2.36. The molecule has 0 aromatic heterocycles. The lowest BCUT2D eigenvalue weighted by Crippen LogP contribution is -2.54. The van der Waals surface area contributed by atoms with Crippen LogP contribution in [-0.2, 0) is 9.53 Å². The lowest BCUT2D eigenvalue weighted by atomic mass is 9.90. The van der Waals surface area contributed by atoms with Crippen molar-refractivity contribution in [2.45, 2.75) is 37.8 Å². The van der Waals surface area contributed by atoms with Crippen LogP contribution in [0.2, 0.25) is 5.02 Å². The summed E-state index contributed by atoms with van der Waals surface area (Å²) < 4.78 is 16.4. The van der Waals surface area contributed by atoms with Gasteiger partial charge in [-0.15, -0.1) is 0 Å². The normalized spacial score (nSPS) is 23.4. The molecule has 2 fully saturated rings. The Morgan fingerprint density at radius 3 is 2.84 bits per heavy atom. The SMILES string of the molecule is COc1cc(/C=C/C(=O)N2CCO[C@@H]3CCCC[C@@H]32)cc(Cl)c1OC. The minimum atomic E-state index is 0.0195. The van der Waals surface area contributed by atoms with Crippen LogP contribution in [-0.4, -0.2) is 50.3 Å². The largest absolute Gasteiger partial charge is 0.493 e. The van der Waals surface area contributed by atoms with Crippen LogP contribution in [0.15, 0.2) is 18.2 Å². The molecule has 1 saturated heterocycles. The minimum Gasteiger partial charge on any atom is -0.493 e. The third kappa shape index (κ3) is 3.93. The number of nitrogens with zero attached hydrogens (tertiary/aromatic N) is 1. The fourth-order valence-electron chi connectivity index (χ4n) is 3.67. The van der Waals surface area contributed by atoms with E-state index in [1.54, 1.807) is 38.5 Å². The van der Waals surface area contributed by atoms with E-state index in [0.29, 0.717) is 29.7 Å². The van der Waals surface area contributed by atoms with Crippen LogP contribution in [0.4, 0.5) is 0 Å². The summed E-state index contributed by atoms with van der Waals surface area (Å²) in [5.41, 5.74) is 0.796. The number of benzene rings is 1. The maximum Gasteiger partial charge on any atom is 0.246 e. The first-order valence-corrected chi connectivity index (χ1v) is 9.03. The summed E-state index contributed by atoms with van der Waals surface area (Å²) in [6, 6.07) is 3.76. The summed E-state index contributed by atoms with van der Waals surface area (Å²) >= 11 is 6.22. The average molecular weight is 366 g/mol. The maximum absolute atomic E-state index is 12.7. The van der Waals surface area contributed by atoms with Crippen LogP contribution in [0.1, 0.15) is 31.2 Å². The van der Waals surface area contributed by atoms with Gasteiger partial charge in [-0.3, -0.25) is 4.79 Å². The van der Waals surface area contributed by atoms with Crippen molar-refractivity contribution < 1.29 is 19.0 Å². The minimum absolute atomic E-state index is 0.0195. The van der Waals surface area contributed by atoms with Gasteiger partial charge in [0.15, 0.2) is 11.5 Å². The molecular formula is C19H24ClNO4. The fourth-order valence-corrected chi connectivity index (χ4v) is 3.96. The number of amides is 1. The van der Waals surface area contributed by atoms with Gasteiger partial charge in [0.05, 0.1) is 38.0 Å². The van der Waals surface area contributed by atoms with Crippen molar-refractivity contribution in [2.24, 2.45) is 0 Å². The highest BCUT2D eigenvalue weighted by molar-refractivity contribution is 6.32. The molecule has 5 nitrogen and oxygen atoms in total. The molecule has 6 heteroatoms. The Kier molecular flexibility index (Phi) is 5.86. The maximum atomic E-state index is 12.7. The van der Waals surface area contributed by atoms with Crippen molar-refractivity contribution in [3.63, 3.8) is 0 Å². The number of fused-ring (bicyclic) bond motifs is 1. The molecule has 1 saturated carbocycles. The van der Waals surface area contributed by atoms with Gasteiger partial charge in [-0.25, -0.2) is 0 Å². The Hall–Kier alpha value is -1.72. The first kappa shape index (κ1) is 18.1. The molecule has 3 rings (SSSR count). The molecule has 136 valence electrons. The van der Waals surface area contributed by atoms with E-state index in [1.807, 2.05) is 4.90 Å². The molecular weight excluding hydrogens is 342 g/mol. The Balaban J connectivity index is 1.75. The van der Waals surface area contributed by atoms with Gasteiger partial charge in [-0.05, 0) is 36.6 Å². The second kappa shape index (κ2) is 8.11. The summed E-state index contributed by atoms with van der Waals surface area (Å²) in [5, 5.41) is 0.452. The summed E-state index contributed by atoms with van der Waals surface area (Å²) in [6.45, 7) is 1.26. The molecule has 0 N–H and O–H groups in total. The smallest absolute Gasteiger partial charge is 0.246 e. The van der Waals surface area contributed by atoms with E-state index in [1.165, 1.54) is 6.42 Å². The molecule has 25 heavy (non-hydrogen) atoms. The second-order valence-electron chi connectivity index (χ2n) is 6.36. The summed E-state index contributed by atoms with van der Waals surface area (Å²) in [6.07, 6.45) is 7.97. The number of rotatable bonds is 4. The van der Waals surface area contributed by atoms with Gasteiger partial charge in [-0.2, -0.15) is 0 Å². The molecule has 0 unspecified atom stereocenters. The van der Waals surface area contributed by atoms with Gasteiger partial charge in [0.1, 0.15) is 0 Å². The zero-order valence-corrected chi connectivity index (χ0v) is 15.4. The first-order chi connectivity index (χ1) is 12.1. The van der Waals surface area contributed by atoms with Gasteiger partial charge < -0.3 is 19.1 Å². The number of methoxy groups -OCH3 is 2. The fraction of sp³-hybridized carbons (Fsp3) is 0.526. The molecule has 1 aromatic carbocycles. The molecule has 1 amide bonds.